The number of rotatable bonds is 9. The van der Waals surface area contributed by atoms with E-state index in [1.54, 1.807) is 0 Å². The Morgan fingerprint density at radius 1 is 0.700 bits per heavy atom. The highest BCUT2D eigenvalue weighted by Gasteiger charge is 2.23. The van der Waals surface area contributed by atoms with Gasteiger partial charge in [-0.2, -0.15) is 10.2 Å². The normalized spacial score (nSPS) is 13.3. The molecule has 0 amide bonds. The molecule has 0 N–H and O–H groups in total. The van der Waals surface area contributed by atoms with E-state index in [9.17, 15) is 0 Å². The summed E-state index contributed by atoms with van der Waals surface area (Å²) in [5.74, 6) is 0.417. The molecule has 0 saturated heterocycles. The number of benzene rings is 3. The van der Waals surface area contributed by atoms with E-state index in [4.69, 9.17) is 5.10 Å². The quantitative estimate of drug-likeness (QED) is 0.161. The van der Waals surface area contributed by atoms with Crippen LogP contribution >= 0.6 is 0 Å². The first-order chi connectivity index (χ1) is 14.9. The molecule has 3 aromatic rings. The van der Waals surface area contributed by atoms with Gasteiger partial charge in [0.25, 0.3) is 0 Å². The van der Waals surface area contributed by atoms with Crippen LogP contribution in [0.5, 0.6) is 0 Å². The molecule has 0 fully saturated rings. The van der Waals surface area contributed by atoms with Crippen LogP contribution in [0.4, 0.5) is 0 Å². The molecule has 0 unspecified atom stereocenters. The summed E-state index contributed by atoms with van der Waals surface area (Å²) in [5, 5.41) is 9.33. The molecule has 30 heavy (non-hydrogen) atoms. The summed E-state index contributed by atoms with van der Waals surface area (Å²) in [4.78, 5) is 0. The minimum absolute atomic E-state index is 0.417. The van der Waals surface area contributed by atoms with E-state index >= 15 is 0 Å². The lowest BCUT2D eigenvalue weighted by molar-refractivity contribution is 0.555. The number of nitrogens with zero attached hydrogens (tertiary/aromatic N) is 2. The van der Waals surface area contributed by atoms with E-state index < -0.39 is 0 Å². The van der Waals surface area contributed by atoms with E-state index in [1.165, 1.54) is 53.5 Å². The van der Waals surface area contributed by atoms with Crippen molar-refractivity contribution in [3.63, 3.8) is 0 Å². The van der Waals surface area contributed by atoms with E-state index in [2.05, 4.69) is 97.1 Å². The summed E-state index contributed by atoms with van der Waals surface area (Å²) in [6.45, 7) is 2.26. The first-order valence-electron chi connectivity index (χ1n) is 11.2. The Balaban J connectivity index is 1.55. The van der Waals surface area contributed by atoms with Gasteiger partial charge >= 0.3 is 0 Å². The van der Waals surface area contributed by atoms with Gasteiger partial charge in [-0.05, 0) is 29.5 Å². The number of hydrogen-bond donors (Lipinski definition) is 0. The van der Waals surface area contributed by atoms with Crippen molar-refractivity contribution < 1.29 is 0 Å². The second-order valence-electron chi connectivity index (χ2n) is 8.10. The first-order valence-corrected chi connectivity index (χ1v) is 11.2. The average Bonchev–Trinajstić information content (AvgIpc) is 3.11. The average molecular weight is 395 g/mol. The van der Waals surface area contributed by atoms with Crippen LogP contribution < -0.4 is 0 Å². The maximum absolute atomic E-state index is 4.72. The van der Waals surface area contributed by atoms with Gasteiger partial charge < -0.3 is 0 Å². The second-order valence-corrected chi connectivity index (χ2v) is 8.10. The maximum Gasteiger partial charge on any atom is 0.101 e. The molecule has 0 aliphatic heterocycles. The molecule has 2 heteroatoms. The lowest BCUT2D eigenvalue weighted by Crippen LogP contribution is -2.07. The Kier molecular flexibility index (Phi) is 6.87. The fraction of sp³-hybridized carbons (Fsp3) is 0.286. The van der Waals surface area contributed by atoms with Crippen LogP contribution in [-0.4, -0.2) is 11.9 Å². The molecular weight excluding hydrogens is 364 g/mol. The Morgan fingerprint density at radius 2 is 1.30 bits per heavy atom. The van der Waals surface area contributed by atoms with Crippen molar-refractivity contribution in [2.45, 2.75) is 45.4 Å². The lowest BCUT2D eigenvalue weighted by Gasteiger charge is -2.11. The van der Waals surface area contributed by atoms with Crippen molar-refractivity contribution in [2.75, 3.05) is 0 Å². The first kappa shape index (κ1) is 20.3. The SMILES string of the molecule is CCCCCC[C@H](/C=N/N=C1c2ccccc2-c2ccccc21)Cc1ccccc1. The molecule has 0 spiro atoms. The molecule has 2 nitrogen and oxygen atoms in total. The van der Waals surface area contributed by atoms with Gasteiger partial charge in [-0.1, -0.05) is 111 Å². The largest absolute Gasteiger partial charge is 0.163 e. The standard InChI is InChI=1S/C28H30N2/c1-2-3-4-6-15-23(20-22-13-7-5-8-14-22)21-29-30-28-26-18-11-9-16-24(26)25-17-10-12-19-27(25)28/h5,7-14,16-19,21,23H,2-4,6,15,20H2,1H3/b29-21+/t23-/m0/s1. The third kappa shape index (κ3) is 4.76. The lowest BCUT2D eigenvalue weighted by atomic mass is 9.94. The summed E-state index contributed by atoms with van der Waals surface area (Å²) >= 11 is 0. The van der Waals surface area contributed by atoms with Crippen molar-refractivity contribution in [3.05, 3.63) is 95.6 Å². The fourth-order valence-corrected chi connectivity index (χ4v) is 4.27. The topological polar surface area (TPSA) is 24.7 Å². The molecule has 0 heterocycles. The van der Waals surface area contributed by atoms with Gasteiger partial charge in [0, 0.05) is 23.3 Å². The van der Waals surface area contributed by atoms with Crippen LogP contribution in [0.3, 0.4) is 0 Å². The van der Waals surface area contributed by atoms with Crippen molar-refractivity contribution >= 4 is 11.9 Å². The van der Waals surface area contributed by atoms with Gasteiger partial charge in [0.2, 0.25) is 0 Å². The van der Waals surface area contributed by atoms with Gasteiger partial charge in [0.15, 0.2) is 0 Å². The molecule has 0 bridgehead atoms. The molecule has 0 radical (unpaired) electrons. The fourth-order valence-electron chi connectivity index (χ4n) is 4.27. The molecule has 3 aromatic carbocycles. The molecule has 1 aliphatic rings. The summed E-state index contributed by atoms with van der Waals surface area (Å²) in [6, 6.07) is 27.7. The Hall–Kier alpha value is -3.00. The minimum Gasteiger partial charge on any atom is -0.163 e. The summed E-state index contributed by atoms with van der Waals surface area (Å²) in [5.41, 5.74) is 7.22. The molecule has 0 saturated carbocycles. The van der Waals surface area contributed by atoms with Gasteiger partial charge in [0.1, 0.15) is 5.71 Å². The van der Waals surface area contributed by atoms with Crippen LogP contribution in [-0.2, 0) is 6.42 Å². The highest BCUT2D eigenvalue weighted by atomic mass is 15.2. The summed E-state index contributed by atoms with van der Waals surface area (Å²) in [7, 11) is 0. The Labute approximate surface area is 180 Å². The maximum atomic E-state index is 4.72. The molecule has 4 rings (SSSR count). The molecule has 1 atom stereocenters. The molecule has 152 valence electrons. The van der Waals surface area contributed by atoms with E-state index in [-0.39, 0.29) is 0 Å². The van der Waals surface area contributed by atoms with Gasteiger partial charge in [0.05, 0.1) is 0 Å². The predicted octanol–water partition coefficient (Wildman–Crippen LogP) is 7.32. The minimum atomic E-state index is 0.417. The van der Waals surface area contributed by atoms with Crippen LogP contribution in [0, 0.1) is 5.92 Å². The van der Waals surface area contributed by atoms with Gasteiger partial charge in [-0.25, -0.2) is 0 Å². The summed E-state index contributed by atoms with van der Waals surface area (Å²) in [6.07, 6.45) is 9.39. The van der Waals surface area contributed by atoms with Crippen molar-refractivity contribution in [3.8, 4) is 11.1 Å². The Bertz CT molecular complexity index is 970. The van der Waals surface area contributed by atoms with Crippen molar-refractivity contribution in [1.29, 1.82) is 0 Å². The summed E-state index contributed by atoms with van der Waals surface area (Å²) < 4.78 is 0. The second kappa shape index (κ2) is 10.2. The van der Waals surface area contributed by atoms with Crippen LogP contribution in [0.25, 0.3) is 11.1 Å². The Morgan fingerprint density at radius 3 is 1.93 bits per heavy atom. The zero-order chi connectivity index (χ0) is 20.6. The van der Waals surface area contributed by atoms with E-state index in [0.717, 1.165) is 18.6 Å². The van der Waals surface area contributed by atoms with Gasteiger partial charge in [-0.15, -0.1) is 0 Å². The van der Waals surface area contributed by atoms with Crippen molar-refractivity contribution in [1.82, 2.24) is 0 Å². The van der Waals surface area contributed by atoms with Crippen LogP contribution in [0.2, 0.25) is 0 Å². The highest BCUT2D eigenvalue weighted by Crippen LogP contribution is 2.36. The third-order valence-corrected chi connectivity index (χ3v) is 5.86. The number of fused-ring (bicyclic) bond motifs is 3. The zero-order valence-electron chi connectivity index (χ0n) is 17.8. The van der Waals surface area contributed by atoms with Crippen LogP contribution in [0.15, 0.2) is 89.1 Å². The number of hydrogen-bond acceptors (Lipinski definition) is 2. The highest BCUT2D eigenvalue weighted by molar-refractivity contribution is 6.24. The van der Waals surface area contributed by atoms with Crippen molar-refractivity contribution in [2.24, 2.45) is 16.1 Å². The van der Waals surface area contributed by atoms with E-state index in [0.29, 0.717) is 5.92 Å². The van der Waals surface area contributed by atoms with Gasteiger partial charge in [-0.3, -0.25) is 0 Å². The van der Waals surface area contributed by atoms with Crippen LogP contribution in [0.1, 0.15) is 55.7 Å². The smallest absolute Gasteiger partial charge is 0.101 e. The zero-order valence-corrected chi connectivity index (χ0v) is 17.8. The number of unbranched alkanes of at least 4 members (excludes halogenated alkanes) is 3. The monoisotopic (exact) mass is 394 g/mol. The molecule has 0 aromatic heterocycles. The molecular formula is C28H30N2. The third-order valence-electron chi connectivity index (χ3n) is 5.86. The molecule has 1 aliphatic carbocycles. The van der Waals surface area contributed by atoms with E-state index in [1.807, 2.05) is 0 Å². The predicted molar refractivity (Wildman–Crippen MR) is 128 cm³/mol.